The van der Waals surface area contributed by atoms with Gasteiger partial charge in [-0.1, -0.05) is 42.0 Å². The van der Waals surface area contributed by atoms with Gasteiger partial charge in [0.25, 0.3) is 5.91 Å². The fraction of sp³-hybridized carbons (Fsp3) is 0.304. The van der Waals surface area contributed by atoms with Crippen LogP contribution >= 0.6 is 0 Å². The van der Waals surface area contributed by atoms with Crippen LogP contribution in [0, 0.1) is 6.92 Å². The number of halogens is 2. The van der Waals surface area contributed by atoms with Crippen LogP contribution in [-0.2, 0) is 0 Å². The van der Waals surface area contributed by atoms with Crippen molar-refractivity contribution in [2.75, 3.05) is 13.1 Å². The number of hydrogen-bond donors (Lipinski definition) is 1. The predicted molar refractivity (Wildman–Crippen MR) is 110 cm³/mol. The Morgan fingerprint density at radius 1 is 1.17 bits per heavy atom. The van der Waals surface area contributed by atoms with E-state index in [0.29, 0.717) is 13.1 Å². The van der Waals surface area contributed by atoms with Gasteiger partial charge in [-0.25, -0.2) is 0 Å². The first kappa shape index (κ1) is 20.1. The van der Waals surface area contributed by atoms with E-state index in [2.05, 4.69) is 40.1 Å². The Morgan fingerprint density at radius 2 is 1.93 bits per heavy atom. The summed E-state index contributed by atoms with van der Waals surface area (Å²) in [7, 11) is 0. The Bertz CT molecular complexity index is 1030. The van der Waals surface area contributed by atoms with Gasteiger partial charge in [-0.2, -0.15) is 13.9 Å². The Labute approximate surface area is 173 Å². The number of ether oxygens (including phenoxy) is 1. The van der Waals surface area contributed by atoms with Crippen molar-refractivity contribution in [2.24, 2.45) is 0 Å². The van der Waals surface area contributed by atoms with E-state index in [1.807, 2.05) is 12.3 Å². The number of aromatic amines is 1. The molecule has 1 amide bonds. The monoisotopic (exact) mass is 411 g/mol. The predicted octanol–water partition coefficient (Wildman–Crippen LogP) is 5.01. The van der Waals surface area contributed by atoms with E-state index >= 15 is 0 Å². The van der Waals surface area contributed by atoms with Crippen LogP contribution in [0.3, 0.4) is 0 Å². The van der Waals surface area contributed by atoms with Crippen LogP contribution in [0.25, 0.3) is 11.1 Å². The molecular formula is C23H23F2N3O2. The lowest BCUT2D eigenvalue weighted by atomic mass is 9.89. The molecule has 0 aliphatic carbocycles. The standard InChI is InChI=1S/C23H23F2N3O2/c1-15-5-4-6-17(13-15)19-14-26-27-21(19)16-9-11-28(12-10-16)22(29)18-7-2-3-8-20(18)30-23(24)25/h2-8,13-14,16,23H,9-12H2,1H3,(H,26,27). The van der Waals surface area contributed by atoms with Gasteiger partial charge in [0.1, 0.15) is 5.75 Å². The summed E-state index contributed by atoms with van der Waals surface area (Å²) < 4.78 is 29.8. The molecule has 1 N–H and O–H groups in total. The maximum Gasteiger partial charge on any atom is 0.387 e. The van der Waals surface area contributed by atoms with Crippen LogP contribution < -0.4 is 4.74 Å². The molecule has 2 heterocycles. The summed E-state index contributed by atoms with van der Waals surface area (Å²) >= 11 is 0. The molecule has 0 radical (unpaired) electrons. The molecule has 1 aliphatic heterocycles. The Balaban J connectivity index is 1.47. The first-order valence-corrected chi connectivity index (χ1v) is 9.96. The maximum absolute atomic E-state index is 12.9. The molecule has 0 spiro atoms. The molecule has 7 heteroatoms. The number of rotatable bonds is 5. The summed E-state index contributed by atoms with van der Waals surface area (Å²) in [5.41, 5.74) is 4.63. The number of nitrogens with one attached hydrogen (secondary N) is 1. The number of nitrogens with zero attached hydrogens (tertiary/aromatic N) is 2. The SMILES string of the molecule is Cc1cccc(-c2cn[nH]c2C2CCN(C(=O)c3ccccc3OC(F)F)CC2)c1. The summed E-state index contributed by atoms with van der Waals surface area (Å²) in [5.74, 6) is -0.122. The highest BCUT2D eigenvalue weighted by molar-refractivity contribution is 5.97. The number of carbonyl (C=O) groups excluding carboxylic acids is 1. The van der Waals surface area contributed by atoms with Crippen molar-refractivity contribution in [3.63, 3.8) is 0 Å². The minimum absolute atomic E-state index is 0.0880. The van der Waals surface area contributed by atoms with Crippen molar-refractivity contribution in [3.05, 3.63) is 71.5 Å². The molecule has 1 fully saturated rings. The molecule has 1 aromatic heterocycles. The number of piperidine rings is 1. The summed E-state index contributed by atoms with van der Waals surface area (Å²) in [6.07, 6.45) is 3.38. The zero-order chi connectivity index (χ0) is 21.1. The highest BCUT2D eigenvalue weighted by atomic mass is 19.3. The molecule has 5 nitrogen and oxygen atoms in total. The third-order valence-electron chi connectivity index (χ3n) is 5.52. The molecule has 0 bridgehead atoms. The number of para-hydroxylation sites is 1. The molecule has 1 aliphatic rings. The van der Waals surface area contributed by atoms with Gasteiger partial charge in [0.15, 0.2) is 0 Å². The Morgan fingerprint density at radius 3 is 2.67 bits per heavy atom. The minimum atomic E-state index is -2.97. The maximum atomic E-state index is 12.9. The van der Waals surface area contributed by atoms with Crippen molar-refractivity contribution >= 4 is 5.91 Å². The van der Waals surface area contributed by atoms with Crippen LogP contribution in [-0.4, -0.2) is 40.7 Å². The van der Waals surface area contributed by atoms with Gasteiger partial charge in [0.05, 0.1) is 11.8 Å². The van der Waals surface area contributed by atoms with E-state index in [1.54, 1.807) is 17.0 Å². The third-order valence-corrected chi connectivity index (χ3v) is 5.52. The highest BCUT2D eigenvalue weighted by Crippen LogP contribution is 2.35. The van der Waals surface area contributed by atoms with Gasteiger partial charge in [-0.15, -0.1) is 0 Å². The van der Waals surface area contributed by atoms with Crippen LogP contribution in [0.5, 0.6) is 5.75 Å². The van der Waals surface area contributed by atoms with Gasteiger partial charge >= 0.3 is 6.61 Å². The molecule has 2 aromatic carbocycles. The molecule has 3 aromatic rings. The number of hydrogen-bond acceptors (Lipinski definition) is 3. The van der Waals surface area contributed by atoms with E-state index < -0.39 is 6.61 Å². The van der Waals surface area contributed by atoms with Crippen molar-refractivity contribution in [2.45, 2.75) is 32.3 Å². The third kappa shape index (κ3) is 4.20. The number of likely N-dealkylation sites (tertiary alicyclic amines) is 1. The van der Waals surface area contributed by atoms with Gasteiger partial charge < -0.3 is 9.64 Å². The lowest BCUT2D eigenvalue weighted by Crippen LogP contribution is -2.38. The molecule has 0 atom stereocenters. The summed E-state index contributed by atoms with van der Waals surface area (Å²) in [5, 5.41) is 7.39. The fourth-order valence-corrected chi connectivity index (χ4v) is 4.03. The number of benzene rings is 2. The van der Waals surface area contributed by atoms with Crippen LogP contribution in [0.2, 0.25) is 0 Å². The van der Waals surface area contributed by atoms with E-state index in [9.17, 15) is 13.6 Å². The second-order valence-corrected chi connectivity index (χ2v) is 7.51. The molecule has 4 rings (SSSR count). The van der Waals surface area contributed by atoms with Crippen LogP contribution in [0.15, 0.2) is 54.7 Å². The molecular weight excluding hydrogens is 388 g/mol. The zero-order valence-electron chi connectivity index (χ0n) is 16.6. The average Bonchev–Trinajstić information content (AvgIpc) is 3.23. The number of aromatic nitrogens is 2. The Kier molecular flexibility index (Phi) is 5.79. The first-order chi connectivity index (χ1) is 14.5. The van der Waals surface area contributed by atoms with Crippen molar-refractivity contribution in [3.8, 4) is 16.9 Å². The number of alkyl halides is 2. The average molecular weight is 411 g/mol. The number of amides is 1. The molecule has 30 heavy (non-hydrogen) atoms. The van der Waals surface area contributed by atoms with Crippen molar-refractivity contribution in [1.82, 2.24) is 15.1 Å². The fourth-order valence-electron chi connectivity index (χ4n) is 4.03. The lowest BCUT2D eigenvalue weighted by Gasteiger charge is -2.32. The lowest BCUT2D eigenvalue weighted by molar-refractivity contribution is -0.0503. The topological polar surface area (TPSA) is 58.2 Å². The molecule has 0 unspecified atom stereocenters. The second kappa shape index (κ2) is 8.65. The van der Waals surface area contributed by atoms with Gasteiger partial charge in [0.2, 0.25) is 0 Å². The first-order valence-electron chi connectivity index (χ1n) is 9.96. The van der Waals surface area contributed by atoms with Gasteiger partial charge in [-0.3, -0.25) is 9.89 Å². The van der Waals surface area contributed by atoms with E-state index in [1.165, 1.54) is 17.7 Å². The zero-order valence-corrected chi connectivity index (χ0v) is 16.6. The second-order valence-electron chi connectivity index (χ2n) is 7.51. The van der Waals surface area contributed by atoms with E-state index in [0.717, 1.165) is 29.7 Å². The Hall–Kier alpha value is -3.22. The van der Waals surface area contributed by atoms with E-state index in [4.69, 9.17) is 0 Å². The normalized spacial score (nSPS) is 14.9. The summed E-state index contributed by atoms with van der Waals surface area (Å²) in [6, 6.07) is 14.4. The minimum Gasteiger partial charge on any atom is -0.434 e. The molecule has 156 valence electrons. The number of aryl methyl sites for hydroxylation is 1. The van der Waals surface area contributed by atoms with Crippen LogP contribution in [0.1, 0.15) is 40.4 Å². The van der Waals surface area contributed by atoms with Crippen LogP contribution in [0.4, 0.5) is 8.78 Å². The van der Waals surface area contributed by atoms with Crippen molar-refractivity contribution < 1.29 is 18.3 Å². The van der Waals surface area contributed by atoms with Gasteiger partial charge in [0, 0.05) is 30.3 Å². The highest BCUT2D eigenvalue weighted by Gasteiger charge is 2.28. The number of H-pyrrole nitrogens is 1. The van der Waals surface area contributed by atoms with E-state index in [-0.39, 0.29) is 23.1 Å². The number of carbonyl (C=O) groups is 1. The summed E-state index contributed by atoms with van der Waals surface area (Å²) in [4.78, 5) is 14.6. The quantitative estimate of drug-likeness (QED) is 0.642. The molecule has 0 saturated carbocycles. The smallest absolute Gasteiger partial charge is 0.387 e. The largest absolute Gasteiger partial charge is 0.434 e. The summed E-state index contributed by atoms with van der Waals surface area (Å²) in [6.45, 7) is 0.172. The van der Waals surface area contributed by atoms with Gasteiger partial charge in [-0.05, 0) is 37.5 Å². The molecule has 1 saturated heterocycles. The van der Waals surface area contributed by atoms with Crippen molar-refractivity contribution in [1.29, 1.82) is 0 Å².